The summed E-state index contributed by atoms with van der Waals surface area (Å²) in [6.45, 7) is 1.57. The zero-order chi connectivity index (χ0) is 14.7. The molecule has 1 fully saturated rings. The van der Waals surface area contributed by atoms with Crippen LogP contribution in [0.4, 0.5) is 15.8 Å². The van der Waals surface area contributed by atoms with Crippen LogP contribution < -0.4 is 10.2 Å². The average Bonchev–Trinajstić information content (AvgIpc) is 2.96. The summed E-state index contributed by atoms with van der Waals surface area (Å²) in [5.41, 5.74) is 2.02. The largest absolute Gasteiger partial charge is 0.380 e. The quantitative estimate of drug-likeness (QED) is 0.937. The van der Waals surface area contributed by atoms with Crippen LogP contribution >= 0.6 is 0 Å². The molecule has 21 heavy (non-hydrogen) atoms. The lowest BCUT2D eigenvalue weighted by Gasteiger charge is -2.20. The molecule has 0 amide bonds. The maximum Gasteiger partial charge on any atom is 0.147 e. The lowest BCUT2D eigenvalue weighted by atomic mass is 10.2. The van der Waals surface area contributed by atoms with Crippen LogP contribution in [-0.2, 0) is 0 Å². The number of hydrogen-bond acceptors (Lipinski definition) is 3. The van der Waals surface area contributed by atoms with Gasteiger partial charge in [0.25, 0.3) is 0 Å². The first-order valence-electron chi connectivity index (χ1n) is 7.02. The van der Waals surface area contributed by atoms with Crippen LogP contribution in [0, 0.1) is 17.1 Å². The SMILES string of the molecule is N#Cc1ccc(N2CCC(Nc3ccccc3)C2)c(F)c1. The smallest absolute Gasteiger partial charge is 0.147 e. The van der Waals surface area contributed by atoms with E-state index in [-0.39, 0.29) is 5.82 Å². The van der Waals surface area contributed by atoms with Gasteiger partial charge in [0.05, 0.1) is 17.3 Å². The van der Waals surface area contributed by atoms with Gasteiger partial charge in [-0.2, -0.15) is 5.26 Å². The maximum absolute atomic E-state index is 14.0. The Morgan fingerprint density at radius 2 is 2.00 bits per heavy atom. The molecule has 1 aliphatic rings. The van der Waals surface area contributed by atoms with Crippen molar-refractivity contribution in [3.8, 4) is 6.07 Å². The second-order valence-corrected chi connectivity index (χ2v) is 5.22. The third-order valence-corrected chi connectivity index (χ3v) is 3.75. The number of halogens is 1. The molecule has 2 aromatic rings. The molecular formula is C17H16FN3. The van der Waals surface area contributed by atoms with Crippen LogP contribution in [-0.4, -0.2) is 19.1 Å². The van der Waals surface area contributed by atoms with Crippen molar-refractivity contribution >= 4 is 11.4 Å². The molecule has 1 atom stereocenters. The topological polar surface area (TPSA) is 39.1 Å². The fourth-order valence-electron chi connectivity index (χ4n) is 2.70. The second-order valence-electron chi connectivity index (χ2n) is 5.22. The molecule has 3 rings (SSSR count). The summed E-state index contributed by atoms with van der Waals surface area (Å²) in [4.78, 5) is 2.02. The Morgan fingerprint density at radius 3 is 2.71 bits per heavy atom. The zero-order valence-electron chi connectivity index (χ0n) is 11.6. The Balaban J connectivity index is 1.68. The minimum atomic E-state index is -0.325. The Labute approximate surface area is 123 Å². The first-order valence-corrected chi connectivity index (χ1v) is 7.02. The number of para-hydroxylation sites is 1. The molecule has 106 valence electrons. The number of benzene rings is 2. The molecule has 1 heterocycles. The first kappa shape index (κ1) is 13.4. The van der Waals surface area contributed by atoms with Crippen molar-refractivity contribution < 1.29 is 4.39 Å². The van der Waals surface area contributed by atoms with Gasteiger partial charge in [0.1, 0.15) is 5.82 Å². The predicted molar refractivity (Wildman–Crippen MR) is 81.8 cm³/mol. The van der Waals surface area contributed by atoms with Crippen molar-refractivity contribution in [2.75, 3.05) is 23.3 Å². The molecule has 1 unspecified atom stereocenters. The van der Waals surface area contributed by atoms with Crippen molar-refractivity contribution in [3.63, 3.8) is 0 Å². The Bertz CT molecular complexity index is 663. The van der Waals surface area contributed by atoms with Gasteiger partial charge < -0.3 is 10.2 Å². The van der Waals surface area contributed by atoms with Gasteiger partial charge in [0, 0.05) is 24.8 Å². The molecule has 0 aromatic heterocycles. The summed E-state index contributed by atoms with van der Waals surface area (Å²) in [6, 6.07) is 17.0. The Morgan fingerprint density at radius 1 is 1.19 bits per heavy atom. The van der Waals surface area contributed by atoms with E-state index in [4.69, 9.17) is 5.26 Å². The highest BCUT2D eigenvalue weighted by atomic mass is 19.1. The lowest BCUT2D eigenvalue weighted by molar-refractivity contribution is 0.622. The summed E-state index contributed by atoms with van der Waals surface area (Å²) in [5, 5.41) is 12.3. The van der Waals surface area contributed by atoms with Gasteiger partial charge in [-0.1, -0.05) is 18.2 Å². The number of rotatable bonds is 3. The van der Waals surface area contributed by atoms with Gasteiger partial charge in [0.2, 0.25) is 0 Å². The van der Waals surface area contributed by atoms with E-state index in [0.717, 1.165) is 25.2 Å². The average molecular weight is 281 g/mol. The number of hydrogen-bond donors (Lipinski definition) is 1. The number of nitriles is 1. The molecule has 0 saturated carbocycles. The molecule has 4 heteroatoms. The lowest BCUT2D eigenvalue weighted by Crippen LogP contribution is -2.26. The van der Waals surface area contributed by atoms with Crippen molar-refractivity contribution in [1.29, 1.82) is 5.26 Å². The third-order valence-electron chi connectivity index (χ3n) is 3.75. The zero-order valence-corrected chi connectivity index (χ0v) is 11.6. The van der Waals surface area contributed by atoms with Gasteiger partial charge in [0.15, 0.2) is 0 Å². The van der Waals surface area contributed by atoms with Crippen LogP contribution in [0.15, 0.2) is 48.5 Å². The second kappa shape index (κ2) is 5.84. The summed E-state index contributed by atoms with van der Waals surface area (Å²) < 4.78 is 14.0. The molecule has 2 aromatic carbocycles. The molecule has 3 nitrogen and oxygen atoms in total. The molecule has 0 bridgehead atoms. The van der Waals surface area contributed by atoms with E-state index < -0.39 is 0 Å². The van der Waals surface area contributed by atoms with Crippen molar-refractivity contribution in [1.82, 2.24) is 0 Å². The summed E-state index contributed by atoms with van der Waals surface area (Å²) in [7, 11) is 0. The molecule has 1 N–H and O–H groups in total. The van der Waals surface area contributed by atoms with E-state index in [9.17, 15) is 4.39 Å². The van der Waals surface area contributed by atoms with Gasteiger partial charge in [-0.3, -0.25) is 0 Å². The van der Waals surface area contributed by atoms with Crippen LogP contribution in [0.3, 0.4) is 0 Å². The Kier molecular flexibility index (Phi) is 3.74. The summed E-state index contributed by atoms with van der Waals surface area (Å²) in [5.74, 6) is -0.325. The summed E-state index contributed by atoms with van der Waals surface area (Å²) in [6.07, 6.45) is 0.967. The molecule has 1 aliphatic heterocycles. The van der Waals surface area contributed by atoms with Crippen molar-refractivity contribution in [2.24, 2.45) is 0 Å². The Hall–Kier alpha value is -2.54. The van der Waals surface area contributed by atoms with E-state index in [1.54, 1.807) is 12.1 Å². The predicted octanol–water partition coefficient (Wildman–Crippen LogP) is 3.39. The highest BCUT2D eigenvalue weighted by molar-refractivity contribution is 5.53. The third kappa shape index (κ3) is 2.97. The fraction of sp³-hybridized carbons (Fsp3) is 0.235. The molecular weight excluding hydrogens is 265 g/mol. The van der Waals surface area contributed by atoms with Crippen LogP contribution in [0.25, 0.3) is 0 Å². The number of anilines is 2. The van der Waals surface area contributed by atoms with Crippen molar-refractivity contribution in [2.45, 2.75) is 12.5 Å². The molecule has 1 saturated heterocycles. The van der Waals surface area contributed by atoms with Gasteiger partial charge >= 0.3 is 0 Å². The highest BCUT2D eigenvalue weighted by Gasteiger charge is 2.24. The van der Waals surface area contributed by atoms with Gasteiger partial charge in [-0.15, -0.1) is 0 Å². The fourth-order valence-corrected chi connectivity index (χ4v) is 2.70. The van der Waals surface area contributed by atoms with E-state index in [0.29, 0.717) is 17.3 Å². The molecule has 0 aliphatic carbocycles. The number of nitrogens with zero attached hydrogens (tertiary/aromatic N) is 2. The highest BCUT2D eigenvalue weighted by Crippen LogP contribution is 2.25. The van der Waals surface area contributed by atoms with Crippen LogP contribution in [0.2, 0.25) is 0 Å². The van der Waals surface area contributed by atoms with E-state index in [2.05, 4.69) is 5.32 Å². The minimum Gasteiger partial charge on any atom is -0.380 e. The van der Waals surface area contributed by atoms with Crippen molar-refractivity contribution in [3.05, 3.63) is 59.9 Å². The molecule has 0 spiro atoms. The van der Waals surface area contributed by atoms with Gasteiger partial charge in [-0.25, -0.2) is 4.39 Å². The van der Waals surface area contributed by atoms with E-state index in [1.807, 2.05) is 41.3 Å². The van der Waals surface area contributed by atoms with E-state index >= 15 is 0 Å². The van der Waals surface area contributed by atoms with Gasteiger partial charge in [-0.05, 0) is 36.8 Å². The maximum atomic E-state index is 14.0. The summed E-state index contributed by atoms with van der Waals surface area (Å²) >= 11 is 0. The first-order chi connectivity index (χ1) is 10.3. The molecule has 0 radical (unpaired) electrons. The van der Waals surface area contributed by atoms with Crippen LogP contribution in [0.5, 0.6) is 0 Å². The monoisotopic (exact) mass is 281 g/mol. The minimum absolute atomic E-state index is 0.308. The standard InChI is InChI=1S/C17H16FN3/c18-16-10-13(11-19)6-7-17(16)21-9-8-15(12-21)20-14-4-2-1-3-5-14/h1-7,10,15,20H,8-9,12H2. The van der Waals surface area contributed by atoms with E-state index in [1.165, 1.54) is 6.07 Å². The van der Waals surface area contributed by atoms with Crippen LogP contribution in [0.1, 0.15) is 12.0 Å². The number of nitrogens with one attached hydrogen (secondary N) is 1. The normalized spacial score (nSPS) is 17.5.